The van der Waals surface area contributed by atoms with E-state index in [0.717, 1.165) is 35.1 Å². The molecule has 4 heterocycles. The number of esters is 1. The van der Waals surface area contributed by atoms with Crippen LogP contribution < -0.4 is 10.6 Å². The first-order valence-corrected chi connectivity index (χ1v) is 36.6. The number of benzene rings is 2. The average molecular weight is 1440 g/mol. The number of carbonyl (C=O) groups excluding carboxylic acids is 4. The fourth-order valence-electron chi connectivity index (χ4n) is 14.1. The highest BCUT2D eigenvalue weighted by atomic mass is 16.7. The number of cyclic esters (lactones) is 1. The van der Waals surface area contributed by atoms with E-state index in [0.29, 0.717) is 77.8 Å². The van der Waals surface area contributed by atoms with Gasteiger partial charge < -0.3 is 95.4 Å². The number of hydrogen-bond acceptors (Lipinski definition) is 21. The Morgan fingerprint density at radius 3 is 1.80 bits per heavy atom. The normalized spacial score (nSPS) is 32.3. The molecule has 103 heavy (non-hydrogen) atoms. The zero-order valence-electron chi connectivity index (χ0n) is 59.8. The summed E-state index contributed by atoms with van der Waals surface area (Å²) in [5, 5.41) is 129. The van der Waals surface area contributed by atoms with E-state index < -0.39 is 153 Å². The summed E-state index contributed by atoms with van der Waals surface area (Å²) in [6.07, 6.45) is 7.17. The molecule has 19 atom stereocenters. The molecule has 5 aliphatic rings. The van der Waals surface area contributed by atoms with Crippen LogP contribution in [-0.2, 0) is 42.9 Å². The minimum atomic E-state index is -2.39. The van der Waals surface area contributed by atoms with E-state index in [4.69, 9.17) is 23.7 Å². The summed E-state index contributed by atoms with van der Waals surface area (Å²) >= 11 is 0. The van der Waals surface area contributed by atoms with E-state index >= 15 is 0 Å². The lowest BCUT2D eigenvalue weighted by Crippen LogP contribution is -2.66. The van der Waals surface area contributed by atoms with Gasteiger partial charge in [-0.05, 0) is 81.0 Å². The Morgan fingerprint density at radius 1 is 0.592 bits per heavy atom. The van der Waals surface area contributed by atoms with E-state index in [1.807, 2.05) is 54.3 Å². The van der Waals surface area contributed by atoms with E-state index in [1.165, 1.54) is 0 Å². The number of aliphatic carboxylic acids is 1. The van der Waals surface area contributed by atoms with Crippen LogP contribution >= 0.6 is 0 Å². The van der Waals surface area contributed by atoms with Crippen LogP contribution in [0.15, 0.2) is 134 Å². The van der Waals surface area contributed by atoms with E-state index in [9.17, 15) is 80.1 Å². The second kappa shape index (κ2) is 42.4. The zero-order valence-corrected chi connectivity index (χ0v) is 59.8. The summed E-state index contributed by atoms with van der Waals surface area (Å²) in [4.78, 5) is 67.9. The Balaban J connectivity index is 0.893. The van der Waals surface area contributed by atoms with Crippen molar-refractivity contribution in [1.29, 1.82) is 0 Å². The van der Waals surface area contributed by atoms with Gasteiger partial charge in [0, 0.05) is 95.5 Å². The molecule has 3 fully saturated rings. The van der Waals surface area contributed by atoms with Gasteiger partial charge in [0.25, 0.3) is 0 Å². The SMILES string of the molecule is C[C@@H]1[C@H](O)[C@@H](C)C=CC=CC=CC=CC=CC=CC=C[C@H](O[C@@H]2O[C@H](C)[C@@H](O)[C@H](N3CCN(C(=O)CCCCCNC(=O)CCCCCNC(=O)OCC4c5ccccc5-c5ccccc54)CC3)[C@@H]2O)C[C@@H]2O[C@](O)(C[C@@H](O)C[C@@H](O)[C@H](O)CC[C@@H](O)C[C@@H](O)CC(=O)O[C@H]1C)C[C@H](O)[C@H]2C(=O)O. The smallest absolute Gasteiger partial charge is 0.407 e. The largest absolute Gasteiger partial charge is 0.481 e. The molecule has 3 saturated heterocycles. The minimum absolute atomic E-state index is 0.0198. The number of nitrogens with one attached hydrogen (secondary N) is 2. The molecule has 2 aromatic rings. The minimum Gasteiger partial charge on any atom is -0.481 e. The summed E-state index contributed by atoms with van der Waals surface area (Å²) in [7, 11) is 0. The number of carbonyl (C=O) groups is 5. The maximum Gasteiger partial charge on any atom is 0.407 e. The van der Waals surface area contributed by atoms with Gasteiger partial charge in [-0.3, -0.25) is 24.1 Å². The van der Waals surface area contributed by atoms with Crippen molar-refractivity contribution in [3.63, 3.8) is 0 Å². The number of hydrogen-bond donors (Lipinski definition) is 13. The first-order valence-electron chi connectivity index (χ1n) is 36.6. The molecule has 1 aliphatic carbocycles. The summed E-state index contributed by atoms with van der Waals surface area (Å²) in [5.41, 5.74) is 4.62. The first-order chi connectivity index (χ1) is 49.3. The lowest BCUT2D eigenvalue weighted by Gasteiger charge is -2.49. The van der Waals surface area contributed by atoms with E-state index in [1.54, 1.807) is 92.5 Å². The number of fused-ring (bicyclic) bond motifs is 5. The lowest BCUT2D eigenvalue weighted by molar-refractivity contribution is -0.312. The number of aliphatic hydroxyl groups is 10. The monoisotopic (exact) mass is 1440 g/mol. The maximum absolute atomic E-state index is 13.5. The number of carboxylic acid groups (broad SMARTS) is 1. The standard InChI is InChI=1S/C78H112N4O21/c1-50-27-17-13-11-9-7-5-6-8-10-12-14-18-28-57(46-66-70(75(95)96)65(88)48-78(98,103-66)47-56(85)44-64(87)63(86)36-35-54(83)43-55(84)45-69(91)100-52(3)51(2)72(50)92)102-76-74(94)71(73(93)53(4)101-76)82-41-39-81(40-42-82)68(90)34-20-16-25-37-79-67(89)33-19-15-26-38-80-77(97)99-49-62-60-31-23-21-29-58(60)59-30-22-24-32-61(59)62/h5-14,17-18,21-24,27-32,50-57,62-66,70-74,76,83-88,92-94,98H,15-16,19-20,25-26,33-49H2,1-4H3,(H,79,89)(H,80,97)(H,95,96)/t50-,51-,52-,53+,54+,55+,56-,57-,63+,64+,65-,66-,70+,71-,72+,73+,74-,76-,78+/m0/s1. The second-order valence-electron chi connectivity index (χ2n) is 28.1. The van der Waals surface area contributed by atoms with Crippen LogP contribution in [0, 0.1) is 17.8 Å². The molecule has 4 aliphatic heterocycles. The Bertz CT molecular complexity index is 3160. The van der Waals surface area contributed by atoms with Crippen molar-refractivity contribution in [2.24, 2.45) is 17.8 Å². The fourth-order valence-corrected chi connectivity index (χ4v) is 14.1. The van der Waals surface area contributed by atoms with Crippen molar-refractivity contribution in [3.8, 4) is 11.1 Å². The molecule has 2 bridgehead atoms. The predicted octanol–water partition coefficient (Wildman–Crippen LogP) is 5.67. The molecule has 7 rings (SSSR count). The average Bonchev–Trinajstić information content (AvgIpc) is 1.73. The molecule has 0 saturated carbocycles. The Hall–Kier alpha value is -6.79. The van der Waals surface area contributed by atoms with Gasteiger partial charge in [-0.25, -0.2) is 4.79 Å². The molecule has 570 valence electrons. The molecular weight excluding hydrogens is 1330 g/mol. The fraction of sp³-hybridized carbons (Fsp3) is 0.603. The molecule has 3 amide bonds. The van der Waals surface area contributed by atoms with Crippen molar-refractivity contribution in [3.05, 3.63) is 145 Å². The maximum atomic E-state index is 13.5. The number of allylic oxidation sites excluding steroid dienone is 12. The third kappa shape index (κ3) is 26.3. The number of rotatable bonds is 18. The van der Waals surface area contributed by atoms with Crippen LogP contribution in [0.3, 0.4) is 0 Å². The summed E-state index contributed by atoms with van der Waals surface area (Å²) in [6.45, 7) is 9.18. The highest BCUT2D eigenvalue weighted by Crippen LogP contribution is 2.45. The molecule has 0 spiro atoms. The van der Waals surface area contributed by atoms with Gasteiger partial charge in [0.05, 0.1) is 79.6 Å². The van der Waals surface area contributed by atoms with Gasteiger partial charge in [-0.2, -0.15) is 0 Å². The van der Waals surface area contributed by atoms with E-state index in [-0.39, 0.29) is 55.9 Å². The highest BCUT2D eigenvalue weighted by molar-refractivity contribution is 5.79. The van der Waals surface area contributed by atoms with Crippen LogP contribution in [0.1, 0.15) is 147 Å². The Morgan fingerprint density at radius 2 is 1.17 bits per heavy atom. The van der Waals surface area contributed by atoms with Crippen LogP contribution in [0.25, 0.3) is 11.1 Å². The third-order valence-corrected chi connectivity index (χ3v) is 20.1. The number of amides is 3. The molecule has 25 nitrogen and oxygen atoms in total. The van der Waals surface area contributed by atoms with Crippen LogP contribution in [0.5, 0.6) is 0 Å². The predicted molar refractivity (Wildman–Crippen MR) is 384 cm³/mol. The molecule has 0 unspecified atom stereocenters. The number of nitrogens with zero attached hydrogens (tertiary/aromatic N) is 2. The van der Waals surface area contributed by atoms with Gasteiger partial charge >= 0.3 is 18.0 Å². The van der Waals surface area contributed by atoms with Crippen molar-refractivity contribution >= 4 is 29.8 Å². The number of piperazine rings is 1. The Labute approximate surface area is 604 Å². The molecule has 2 aromatic carbocycles. The zero-order chi connectivity index (χ0) is 74.6. The molecule has 25 heteroatoms. The molecular formula is C78H112N4O21. The topological polar surface area (TPSA) is 385 Å². The molecule has 0 aromatic heterocycles. The summed E-state index contributed by atoms with van der Waals surface area (Å²) < 4.78 is 29.8. The van der Waals surface area contributed by atoms with Gasteiger partial charge in [0.15, 0.2) is 12.1 Å². The number of aliphatic hydroxyl groups excluding tert-OH is 9. The van der Waals surface area contributed by atoms with Crippen molar-refractivity contribution in [1.82, 2.24) is 20.4 Å². The number of carboxylic acids is 1. The van der Waals surface area contributed by atoms with Crippen molar-refractivity contribution in [2.75, 3.05) is 45.9 Å². The van der Waals surface area contributed by atoms with Crippen molar-refractivity contribution in [2.45, 2.75) is 234 Å². The highest BCUT2D eigenvalue weighted by Gasteiger charge is 2.52. The van der Waals surface area contributed by atoms with Gasteiger partial charge in [0.1, 0.15) is 24.7 Å². The molecule has 13 N–H and O–H groups in total. The second-order valence-corrected chi connectivity index (χ2v) is 28.1. The van der Waals surface area contributed by atoms with Gasteiger partial charge in [0.2, 0.25) is 11.8 Å². The van der Waals surface area contributed by atoms with Crippen molar-refractivity contribution < 1.29 is 104 Å². The number of ether oxygens (including phenoxy) is 5. The van der Waals surface area contributed by atoms with Crippen LogP contribution in [0.4, 0.5) is 4.79 Å². The number of alkyl carbamates (subject to hydrolysis) is 1. The van der Waals surface area contributed by atoms with E-state index in [2.05, 4.69) is 34.9 Å². The lowest BCUT2D eigenvalue weighted by atomic mass is 9.82. The van der Waals surface area contributed by atoms with Gasteiger partial charge in [-0.1, -0.05) is 160 Å². The van der Waals surface area contributed by atoms with Gasteiger partial charge in [-0.15, -0.1) is 0 Å². The Kier molecular flexibility index (Phi) is 34.3. The quantitative estimate of drug-likeness (QED) is 0.0631. The summed E-state index contributed by atoms with van der Waals surface area (Å²) in [5.74, 6) is -7.15. The van der Waals surface area contributed by atoms with Crippen LogP contribution in [0.2, 0.25) is 0 Å². The first kappa shape index (κ1) is 83.5. The third-order valence-electron chi connectivity index (χ3n) is 20.1. The summed E-state index contributed by atoms with van der Waals surface area (Å²) in [6, 6.07) is 15.4. The van der Waals surface area contributed by atoms with Crippen LogP contribution in [-0.4, -0.2) is 239 Å². The molecule has 0 radical (unpaired) electrons. The number of unbranched alkanes of at least 4 members (excludes halogenated alkanes) is 4.